The molecule has 1 amide bonds. The number of rotatable bonds is 4. The smallest absolute Gasteiger partial charge is 0.346 e. The van der Waals surface area contributed by atoms with E-state index in [0.29, 0.717) is 5.56 Å². The minimum Gasteiger partial charge on any atom is -0.346 e. The van der Waals surface area contributed by atoms with E-state index >= 15 is 0 Å². The maximum absolute atomic E-state index is 13.1. The predicted octanol–water partition coefficient (Wildman–Crippen LogP) is 1.14. The summed E-state index contributed by atoms with van der Waals surface area (Å²) in [6.45, 7) is 0.0413. The molecule has 0 aliphatic rings. The summed E-state index contributed by atoms with van der Waals surface area (Å²) in [6.07, 6.45) is 0. The van der Waals surface area contributed by atoms with Crippen LogP contribution in [0.4, 0.5) is 8.78 Å². The Morgan fingerprint density at radius 2 is 1.56 bits per heavy atom. The first-order chi connectivity index (χ1) is 12.9. The molecular weight excluding hydrogens is 358 g/mol. The summed E-state index contributed by atoms with van der Waals surface area (Å²) < 4.78 is 27.6. The molecule has 1 heterocycles. The molecule has 0 bridgehead atoms. The summed E-state index contributed by atoms with van der Waals surface area (Å²) in [5, 5.41) is 6.33. The minimum absolute atomic E-state index is 0.0413. The summed E-state index contributed by atoms with van der Waals surface area (Å²) in [4.78, 5) is 36.9. The summed E-state index contributed by atoms with van der Waals surface area (Å²) in [7, 11) is 1.21. The Kier molecular flexibility index (Phi) is 4.93. The van der Waals surface area contributed by atoms with Gasteiger partial charge in [0, 0.05) is 13.6 Å². The quantitative estimate of drug-likeness (QED) is 0.744. The van der Waals surface area contributed by atoms with Gasteiger partial charge in [-0.05, 0) is 42.0 Å². The lowest BCUT2D eigenvalue weighted by Gasteiger charge is -2.10. The predicted molar refractivity (Wildman–Crippen MR) is 92.6 cm³/mol. The number of carbonyl (C=O) groups excluding carboxylic acids is 1. The molecule has 0 atom stereocenters. The van der Waals surface area contributed by atoms with E-state index in [1.165, 1.54) is 43.4 Å². The molecule has 1 N–H and O–H groups in total. The molecule has 9 heteroatoms. The average molecular weight is 372 g/mol. The van der Waals surface area contributed by atoms with Gasteiger partial charge in [-0.2, -0.15) is 9.78 Å². The van der Waals surface area contributed by atoms with Crippen molar-refractivity contribution < 1.29 is 13.6 Å². The van der Waals surface area contributed by atoms with Gasteiger partial charge in [0.2, 0.25) is 5.69 Å². The summed E-state index contributed by atoms with van der Waals surface area (Å²) in [5.74, 6) is -1.71. The third-order valence-corrected chi connectivity index (χ3v) is 3.83. The molecule has 0 fully saturated rings. The normalized spacial score (nSPS) is 10.6. The molecule has 0 unspecified atom stereocenters. The molecule has 0 aliphatic carbocycles. The zero-order valence-corrected chi connectivity index (χ0v) is 14.1. The number of hydrogen-bond acceptors (Lipinski definition) is 4. The highest BCUT2D eigenvalue weighted by atomic mass is 19.1. The molecule has 27 heavy (non-hydrogen) atoms. The average Bonchev–Trinajstić information content (AvgIpc) is 2.66. The number of carbonyl (C=O) groups is 1. The second-order valence-electron chi connectivity index (χ2n) is 5.69. The molecule has 0 saturated heterocycles. The molecular formula is C18H14F2N4O3. The number of benzene rings is 2. The SMILES string of the molecule is Cn1c(=O)c(C(=O)NCc2ccc(F)cc2)nn(-c2ccc(F)cc2)c1=O. The fraction of sp³-hybridized carbons (Fsp3) is 0.111. The number of halogens is 2. The van der Waals surface area contributed by atoms with Crippen LogP contribution < -0.4 is 16.6 Å². The molecule has 3 rings (SSSR count). The van der Waals surface area contributed by atoms with E-state index in [0.717, 1.165) is 21.4 Å². The minimum atomic E-state index is -0.866. The van der Waals surface area contributed by atoms with Crippen molar-refractivity contribution >= 4 is 5.91 Å². The molecule has 3 aromatic rings. The highest BCUT2D eigenvalue weighted by molar-refractivity contribution is 5.91. The Morgan fingerprint density at radius 1 is 1.00 bits per heavy atom. The van der Waals surface area contributed by atoms with E-state index in [4.69, 9.17) is 0 Å². The van der Waals surface area contributed by atoms with Crippen LogP contribution in [-0.2, 0) is 13.6 Å². The van der Waals surface area contributed by atoms with Crippen molar-refractivity contribution in [3.8, 4) is 5.69 Å². The Morgan fingerprint density at radius 3 is 2.15 bits per heavy atom. The van der Waals surface area contributed by atoms with Crippen molar-refractivity contribution in [2.45, 2.75) is 6.54 Å². The molecule has 2 aromatic carbocycles. The van der Waals surface area contributed by atoms with Gasteiger partial charge in [-0.3, -0.25) is 14.2 Å². The van der Waals surface area contributed by atoms with Gasteiger partial charge in [0.15, 0.2) is 0 Å². The monoisotopic (exact) mass is 372 g/mol. The number of hydrogen-bond donors (Lipinski definition) is 1. The summed E-state index contributed by atoms with van der Waals surface area (Å²) in [6, 6.07) is 10.3. The third-order valence-electron chi connectivity index (χ3n) is 3.83. The van der Waals surface area contributed by atoms with Crippen molar-refractivity contribution in [1.29, 1.82) is 0 Å². The van der Waals surface area contributed by atoms with Crippen molar-refractivity contribution in [2.24, 2.45) is 7.05 Å². The molecule has 7 nitrogen and oxygen atoms in total. The Bertz CT molecular complexity index is 1100. The van der Waals surface area contributed by atoms with Crippen LogP contribution in [0.15, 0.2) is 58.1 Å². The van der Waals surface area contributed by atoms with Gasteiger partial charge in [0.05, 0.1) is 5.69 Å². The van der Waals surface area contributed by atoms with Crippen LogP contribution in [0, 0.1) is 11.6 Å². The van der Waals surface area contributed by atoms with Gasteiger partial charge in [-0.25, -0.2) is 13.6 Å². The van der Waals surface area contributed by atoms with Crippen LogP contribution in [0.2, 0.25) is 0 Å². The molecule has 0 aliphatic heterocycles. The van der Waals surface area contributed by atoms with Gasteiger partial charge in [-0.1, -0.05) is 12.1 Å². The fourth-order valence-corrected chi connectivity index (χ4v) is 2.33. The lowest BCUT2D eigenvalue weighted by molar-refractivity contribution is 0.0941. The van der Waals surface area contributed by atoms with Crippen molar-refractivity contribution in [3.63, 3.8) is 0 Å². The number of nitrogens with one attached hydrogen (secondary N) is 1. The zero-order valence-electron chi connectivity index (χ0n) is 14.1. The zero-order chi connectivity index (χ0) is 19.6. The van der Waals surface area contributed by atoms with E-state index in [-0.39, 0.29) is 12.2 Å². The maximum Gasteiger partial charge on any atom is 0.351 e. The number of amides is 1. The second-order valence-corrected chi connectivity index (χ2v) is 5.69. The Hall–Kier alpha value is -3.62. The first kappa shape index (κ1) is 18.2. The molecule has 0 spiro atoms. The lowest BCUT2D eigenvalue weighted by atomic mass is 10.2. The topological polar surface area (TPSA) is 86.0 Å². The fourth-order valence-electron chi connectivity index (χ4n) is 2.33. The molecule has 138 valence electrons. The van der Waals surface area contributed by atoms with Crippen LogP contribution in [0.3, 0.4) is 0 Å². The van der Waals surface area contributed by atoms with Crippen molar-refractivity contribution in [2.75, 3.05) is 0 Å². The lowest BCUT2D eigenvalue weighted by Crippen LogP contribution is -2.44. The standard InChI is InChI=1S/C18H14F2N4O3/c1-23-17(26)15(16(25)21-10-11-2-4-12(19)5-3-11)22-24(18(23)27)14-8-6-13(20)7-9-14/h2-9H,10H2,1H3,(H,21,25). The first-order valence-corrected chi connectivity index (χ1v) is 7.86. The van der Waals surface area contributed by atoms with Gasteiger partial charge in [0.25, 0.3) is 11.5 Å². The molecule has 0 radical (unpaired) electrons. The van der Waals surface area contributed by atoms with Gasteiger partial charge in [-0.15, -0.1) is 0 Å². The third kappa shape index (κ3) is 3.81. The summed E-state index contributed by atoms with van der Waals surface area (Å²) >= 11 is 0. The second kappa shape index (κ2) is 7.32. The van der Waals surface area contributed by atoms with Gasteiger partial charge >= 0.3 is 5.69 Å². The van der Waals surface area contributed by atoms with Crippen LogP contribution in [0.25, 0.3) is 5.69 Å². The van der Waals surface area contributed by atoms with Gasteiger partial charge < -0.3 is 5.32 Å². The van der Waals surface area contributed by atoms with Crippen LogP contribution >= 0.6 is 0 Å². The maximum atomic E-state index is 13.1. The van der Waals surface area contributed by atoms with Crippen LogP contribution in [0.1, 0.15) is 16.1 Å². The number of nitrogens with zero attached hydrogens (tertiary/aromatic N) is 3. The Balaban J connectivity index is 1.93. The van der Waals surface area contributed by atoms with E-state index in [2.05, 4.69) is 10.4 Å². The van der Waals surface area contributed by atoms with Gasteiger partial charge in [0.1, 0.15) is 11.6 Å². The summed E-state index contributed by atoms with van der Waals surface area (Å²) in [5.41, 5.74) is -1.32. The van der Waals surface area contributed by atoms with E-state index in [9.17, 15) is 23.2 Å². The van der Waals surface area contributed by atoms with E-state index < -0.39 is 34.5 Å². The van der Waals surface area contributed by atoms with E-state index in [1.54, 1.807) is 0 Å². The largest absolute Gasteiger partial charge is 0.351 e. The molecule has 0 saturated carbocycles. The van der Waals surface area contributed by atoms with Crippen LogP contribution in [-0.4, -0.2) is 20.3 Å². The van der Waals surface area contributed by atoms with Crippen molar-refractivity contribution in [1.82, 2.24) is 19.7 Å². The van der Waals surface area contributed by atoms with Crippen molar-refractivity contribution in [3.05, 3.63) is 92.3 Å². The highest BCUT2D eigenvalue weighted by Crippen LogP contribution is 2.05. The van der Waals surface area contributed by atoms with Crippen LogP contribution in [0.5, 0.6) is 0 Å². The van der Waals surface area contributed by atoms with E-state index in [1.807, 2.05) is 0 Å². The first-order valence-electron chi connectivity index (χ1n) is 7.86. The Labute approximate surface area is 151 Å². The number of aromatic nitrogens is 3. The highest BCUT2D eigenvalue weighted by Gasteiger charge is 2.18. The molecule has 1 aromatic heterocycles.